The standard InChI is InChI=1S/C28H36N2O7/c1-5-16-35-25-18(2)36-28(33)22(13-9-12-21(25)17-20-10-7-6-8-11-20)30-27(32)24-26(37-19(3)31)23(34-4)14-15-29-24/h6-8,10-11,14-15,18,21-22,25H,5,9,12-13,16-17H2,1-4H3,(H,30,32)/t18-,21+,22-,25-/m0/s1. The molecule has 37 heavy (non-hydrogen) atoms. The zero-order chi connectivity index (χ0) is 26.8. The second-order valence-electron chi connectivity index (χ2n) is 9.17. The first kappa shape index (κ1) is 28.1. The smallest absolute Gasteiger partial charge is 0.329 e. The third-order valence-electron chi connectivity index (χ3n) is 6.29. The normalized spacial score (nSPS) is 22.1. The fourth-order valence-corrected chi connectivity index (χ4v) is 4.60. The third kappa shape index (κ3) is 7.76. The molecular formula is C28H36N2O7. The molecule has 1 aliphatic rings. The number of methoxy groups -OCH3 is 1. The van der Waals surface area contributed by atoms with Crippen molar-refractivity contribution in [3.05, 3.63) is 53.9 Å². The number of carbonyl (C=O) groups is 3. The zero-order valence-electron chi connectivity index (χ0n) is 21.9. The van der Waals surface area contributed by atoms with Crippen molar-refractivity contribution in [3.63, 3.8) is 0 Å². The summed E-state index contributed by atoms with van der Waals surface area (Å²) >= 11 is 0. The molecular weight excluding hydrogens is 476 g/mol. The Morgan fingerprint density at radius 1 is 1.16 bits per heavy atom. The highest BCUT2D eigenvalue weighted by Crippen LogP contribution is 2.31. The largest absolute Gasteiger partial charge is 0.493 e. The number of esters is 2. The van der Waals surface area contributed by atoms with Crippen LogP contribution in [0.15, 0.2) is 42.6 Å². The molecule has 1 N–H and O–H groups in total. The molecule has 1 aromatic carbocycles. The van der Waals surface area contributed by atoms with E-state index in [2.05, 4.69) is 22.4 Å². The molecule has 2 heterocycles. The molecule has 0 aliphatic carbocycles. The average molecular weight is 513 g/mol. The average Bonchev–Trinajstić information content (AvgIpc) is 2.92. The van der Waals surface area contributed by atoms with Crippen LogP contribution in [0, 0.1) is 5.92 Å². The topological polar surface area (TPSA) is 113 Å². The molecule has 4 atom stereocenters. The van der Waals surface area contributed by atoms with Gasteiger partial charge in [0.1, 0.15) is 12.1 Å². The Morgan fingerprint density at radius 2 is 1.92 bits per heavy atom. The number of hydrogen-bond donors (Lipinski definition) is 1. The van der Waals surface area contributed by atoms with Crippen LogP contribution in [0.5, 0.6) is 11.5 Å². The summed E-state index contributed by atoms with van der Waals surface area (Å²) in [5.74, 6) is -1.61. The summed E-state index contributed by atoms with van der Waals surface area (Å²) in [6.45, 7) is 5.66. The van der Waals surface area contributed by atoms with Crippen LogP contribution in [-0.4, -0.2) is 54.8 Å². The van der Waals surface area contributed by atoms with Gasteiger partial charge in [-0.05, 0) is 44.1 Å². The summed E-state index contributed by atoms with van der Waals surface area (Å²) in [4.78, 5) is 42.0. The maximum absolute atomic E-state index is 13.2. The van der Waals surface area contributed by atoms with Crippen molar-refractivity contribution in [2.75, 3.05) is 13.7 Å². The van der Waals surface area contributed by atoms with Crippen LogP contribution in [0.3, 0.4) is 0 Å². The molecule has 200 valence electrons. The fraction of sp³-hybridized carbons (Fsp3) is 0.500. The summed E-state index contributed by atoms with van der Waals surface area (Å²) in [5, 5.41) is 2.72. The lowest BCUT2D eigenvalue weighted by Crippen LogP contribution is -2.44. The van der Waals surface area contributed by atoms with E-state index < -0.39 is 30.0 Å². The second-order valence-corrected chi connectivity index (χ2v) is 9.17. The Morgan fingerprint density at radius 3 is 2.59 bits per heavy atom. The van der Waals surface area contributed by atoms with Gasteiger partial charge in [-0.1, -0.05) is 43.7 Å². The SMILES string of the molecule is CCCO[C@@H]1[C@@H](Cc2ccccc2)CCC[C@H](NC(=O)c2nccc(OC)c2OC(C)=O)C(=O)O[C@H]1C. The van der Waals surface area contributed by atoms with E-state index >= 15 is 0 Å². The summed E-state index contributed by atoms with van der Waals surface area (Å²) in [6, 6.07) is 10.8. The molecule has 1 aliphatic heterocycles. The van der Waals surface area contributed by atoms with Gasteiger partial charge in [0.15, 0.2) is 11.4 Å². The molecule has 3 rings (SSSR count). The van der Waals surface area contributed by atoms with Crippen molar-refractivity contribution in [1.82, 2.24) is 10.3 Å². The minimum absolute atomic E-state index is 0.101. The number of hydrogen-bond acceptors (Lipinski definition) is 8. The van der Waals surface area contributed by atoms with Crippen LogP contribution >= 0.6 is 0 Å². The van der Waals surface area contributed by atoms with Crippen molar-refractivity contribution in [1.29, 1.82) is 0 Å². The number of benzene rings is 1. The molecule has 0 bridgehead atoms. The van der Waals surface area contributed by atoms with Gasteiger partial charge in [0.2, 0.25) is 5.75 Å². The van der Waals surface area contributed by atoms with Gasteiger partial charge in [-0.3, -0.25) is 9.59 Å². The summed E-state index contributed by atoms with van der Waals surface area (Å²) in [5.41, 5.74) is 1.05. The van der Waals surface area contributed by atoms with Crippen LogP contribution in [0.1, 0.15) is 62.5 Å². The summed E-state index contributed by atoms with van der Waals surface area (Å²) in [7, 11) is 1.39. The van der Waals surface area contributed by atoms with Crippen molar-refractivity contribution in [2.45, 2.75) is 71.1 Å². The quantitative estimate of drug-likeness (QED) is 0.504. The number of carbonyl (C=O) groups excluding carboxylic acids is 3. The van der Waals surface area contributed by atoms with E-state index in [0.29, 0.717) is 19.4 Å². The molecule has 9 nitrogen and oxygen atoms in total. The minimum Gasteiger partial charge on any atom is -0.493 e. The first-order chi connectivity index (χ1) is 17.8. The van der Waals surface area contributed by atoms with Gasteiger partial charge in [0.25, 0.3) is 5.91 Å². The van der Waals surface area contributed by atoms with Crippen LogP contribution in [0.2, 0.25) is 0 Å². The highest BCUT2D eigenvalue weighted by molar-refractivity contribution is 5.98. The Bertz CT molecular complexity index is 1060. The van der Waals surface area contributed by atoms with Gasteiger partial charge < -0.3 is 24.3 Å². The van der Waals surface area contributed by atoms with E-state index in [-0.39, 0.29) is 29.2 Å². The highest BCUT2D eigenvalue weighted by atomic mass is 16.6. The lowest BCUT2D eigenvalue weighted by atomic mass is 9.87. The van der Waals surface area contributed by atoms with E-state index in [9.17, 15) is 14.4 Å². The second kappa shape index (κ2) is 13.7. The predicted molar refractivity (Wildman–Crippen MR) is 136 cm³/mol. The Kier molecular flexibility index (Phi) is 10.4. The maximum Gasteiger partial charge on any atom is 0.329 e. The monoisotopic (exact) mass is 512 g/mol. The number of cyclic esters (lactones) is 1. The molecule has 2 aromatic rings. The van der Waals surface area contributed by atoms with Gasteiger partial charge >= 0.3 is 11.9 Å². The number of rotatable bonds is 9. The molecule has 1 saturated heterocycles. The Hall–Kier alpha value is -3.46. The van der Waals surface area contributed by atoms with Gasteiger partial charge in [-0.2, -0.15) is 0 Å². The number of ether oxygens (including phenoxy) is 4. The number of nitrogens with zero attached hydrogens (tertiary/aromatic N) is 1. The van der Waals surface area contributed by atoms with Crippen molar-refractivity contribution >= 4 is 17.8 Å². The number of pyridine rings is 1. The number of aromatic nitrogens is 1. The fourth-order valence-electron chi connectivity index (χ4n) is 4.60. The van der Waals surface area contributed by atoms with E-state index in [4.69, 9.17) is 18.9 Å². The molecule has 1 amide bonds. The first-order valence-electron chi connectivity index (χ1n) is 12.7. The van der Waals surface area contributed by atoms with Gasteiger partial charge in [-0.15, -0.1) is 0 Å². The summed E-state index contributed by atoms with van der Waals surface area (Å²) < 4.78 is 22.4. The van der Waals surface area contributed by atoms with Crippen LogP contribution in [0.25, 0.3) is 0 Å². The van der Waals surface area contributed by atoms with Gasteiger partial charge in [0.05, 0.1) is 13.2 Å². The Balaban J connectivity index is 1.80. The van der Waals surface area contributed by atoms with Crippen molar-refractivity contribution in [3.8, 4) is 11.5 Å². The summed E-state index contributed by atoms with van der Waals surface area (Å²) in [6.07, 6.45) is 4.11. The predicted octanol–water partition coefficient (Wildman–Crippen LogP) is 3.88. The molecule has 0 radical (unpaired) electrons. The van der Waals surface area contributed by atoms with Crippen molar-refractivity contribution in [2.24, 2.45) is 5.92 Å². The first-order valence-corrected chi connectivity index (χ1v) is 12.7. The van der Waals surface area contributed by atoms with Crippen molar-refractivity contribution < 1.29 is 33.3 Å². The van der Waals surface area contributed by atoms with E-state index in [1.165, 1.54) is 31.9 Å². The lowest BCUT2D eigenvalue weighted by Gasteiger charge is -2.31. The molecule has 0 spiro atoms. The van der Waals surface area contributed by atoms with Crippen LogP contribution in [-0.2, 0) is 25.5 Å². The molecule has 9 heteroatoms. The molecule has 1 fully saturated rings. The van der Waals surface area contributed by atoms with Crippen LogP contribution < -0.4 is 14.8 Å². The zero-order valence-corrected chi connectivity index (χ0v) is 21.9. The third-order valence-corrected chi connectivity index (χ3v) is 6.29. The van der Waals surface area contributed by atoms with E-state index in [1.807, 2.05) is 32.0 Å². The Labute approximate surface area is 217 Å². The molecule has 0 unspecified atom stereocenters. The van der Waals surface area contributed by atoms with Crippen LogP contribution in [0.4, 0.5) is 0 Å². The van der Waals surface area contributed by atoms with Gasteiger partial charge in [-0.25, -0.2) is 9.78 Å². The van der Waals surface area contributed by atoms with E-state index in [1.54, 1.807) is 0 Å². The lowest BCUT2D eigenvalue weighted by molar-refractivity contribution is -0.160. The number of amides is 1. The highest BCUT2D eigenvalue weighted by Gasteiger charge is 2.35. The minimum atomic E-state index is -0.893. The molecule has 0 saturated carbocycles. The molecule has 1 aromatic heterocycles. The van der Waals surface area contributed by atoms with Gasteiger partial charge in [0, 0.05) is 25.8 Å². The maximum atomic E-state index is 13.2. The van der Waals surface area contributed by atoms with E-state index in [0.717, 1.165) is 19.3 Å². The number of nitrogens with one attached hydrogen (secondary N) is 1.